The second kappa shape index (κ2) is 6.23. The van der Waals surface area contributed by atoms with Gasteiger partial charge in [0.25, 0.3) is 6.43 Å². The maximum Gasteiger partial charge on any atom is 0.268 e. The van der Waals surface area contributed by atoms with Gasteiger partial charge in [-0.25, -0.2) is 13.2 Å². The molecule has 9 heteroatoms. The lowest BCUT2D eigenvalue weighted by Gasteiger charge is -2.28. The molecule has 1 aromatic rings. The topological polar surface area (TPSA) is 64.8 Å². The molecule has 0 saturated carbocycles. The Kier molecular flexibility index (Phi) is 4.69. The molecule has 2 rings (SSSR count). The highest BCUT2D eigenvalue weighted by molar-refractivity contribution is 5.85. The zero-order valence-electron chi connectivity index (χ0n) is 12.5. The Morgan fingerprint density at radius 2 is 2.04 bits per heavy atom. The molecule has 0 aliphatic carbocycles. The number of primary amides is 1. The predicted molar refractivity (Wildman–Crippen MR) is 73.6 cm³/mol. The first-order chi connectivity index (χ1) is 10.8. The second-order valence-corrected chi connectivity index (χ2v) is 5.23. The van der Waals surface area contributed by atoms with E-state index in [4.69, 9.17) is 15.2 Å². The van der Waals surface area contributed by atoms with E-state index < -0.39 is 47.9 Å². The Labute approximate surface area is 129 Å². The molecule has 0 bridgehead atoms. The third-order valence-electron chi connectivity index (χ3n) is 4.03. The molecule has 1 aliphatic heterocycles. The summed E-state index contributed by atoms with van der Waals surface area (Å²) in [5.41, 5.74) is 3.29. The van der Waals surface area contributed by atoms with E-state index in [1.165, 1.54) is 0 Å². The largest absolute Gasteiger partial charge is 0.491 e. The molecular weight excluding hydrogens is 320 g/mol. The molecule has 23 heavy (non-hydrogen) atoms. The van der Waals surface area contributed by atoms with Gasteiger partial charge in [-0.15, -0.1) is 0 Å². The molecule has 1 heterocycles. The van der Waals surface area contributed by atoms with Gasteiger partial charge in [-0.3, -0.25) is 4.79 Å². The summed E-state index contributed by atoms with van der Waals surface area (Å²) in [7, 11) is 2.20. The van der Waals surface area contributed by atoms with Crippen LogP contribution < -0.4 is 15.4 Å². The summed E-state index contributed by atoms with van der Waals surface area (Å²) >= 11 is 0. The van der Waals surface area contributed by atoms with Gasteiger partial charge in [0, 0.05) is 13.5 Å². The van der Waals surface area contributed by atoms with Gasteiger partial charge in [0.1, 0.15) is 11.6 Å². The smallest absolute Gasteiger partial charge is 0.268 e. The van der Waals surface area contributed by atoms with Crippen LogP contribution >= 0.6 is 0 Å². The fraction of sp³-hybridized carbons (Fsp3) is 0.500. The molecule has 0 radical (unpaired) electrons. The van der Waals surface area contributed by atoms with Crippen molar-refractivity contribution >= 4 is 11.6 Å². The number of alkyl halides is 2. The Bertz CT molecular complexity index is 614. The Hall–Kier alpha value is -2.03. The van der Waals surface area contributed by atoms with E-state index in [2.05, 4.69) is 0 Å². The third-order valence-corrected chi connectivity index (χ3v) is 4.03. The number of rotatable bonds is 5. The lowest BCUT2D eigenvalue weighted by molar-refractivity contribution is -0.123. The number of benzene rings is 1. The summed E-state index contributed by atoms with van der Waals surface area (Å²) in [5.74, 6) is -3.80. The number of carbonyl (C=O) groups excluding carboxylic acids is 1. The van der Waals surface area contributed by atoms with Crippen LogP contribution in [0.3, 0.4) is 0 Å². The molecule has 1 amide bonds. The maximum atomic E-state index is 13.9. The summed E-state index contributed by atoms with van der Waals surface area (Å²) in [6.45, 7) is -0.420. The number of anilines is 1. The van der Waals surface area contributed by atoms with E-state index in [1.54, 1.807) is 0 Å². The molecule has 1 aliphatic rings. The van der Waals surface area contributed by atoms with E-state index in [1.807, 2.05) is 0 Å². The second-order valence-electron chi connectivity index (χ2n) is 5.23. The number of hydrogen-bond acceptors (Lipinski definition) is 4. The number of halogens is 4. The van der Waals surface area contributed by atoms with E-state index in [-0.39, 0.29) is 12.1 Å². The average Bonchev–Trinajstić information content (AvgIpc) is 2.91. The van der Waals surface area contributed by atoms with E-state index in [0.717, 1.165) is 31.3 Å². The fourth-order valence-corrected chi connectivity index (χ4v) is 2.75. The lowest BCUT2D eigenvalue weighted by Crippen LogP contribution is -2.42. The fourth-order valence-electron chi connectivity index (χ4n) is 2.75. The first-order valence-electron chi connectivity index (χ1n) is 6.68. The highest BCUT2D eigenvalue weighted by atomic mass is 19.3. The standard InChI is InChI=1S/C14H16F4N2O3/c1-22-11-8(4-3-7(15)10(11)16)20-6-14(23-2,13(17)18)5-9(20)12(19)21/h3-4,9,13H,5-6H2,1-2H3,(H2,19,21). The zero-order chi connectivity index (χ0) is 17.4. The molecule has 2 atom stereocenters. The number of nitrogens with zero attached hydrogens (tertiary/aromatic N) is 1. The average molecular weight is 336 g/mol. The van der Waals surface area contributed by atoms with Gasteiger partial charge in [-0.05, 0) is 12.1 Å². The van der Waals surface area contributed by atoms with Crippen molar-refractivity contribution in [2.75, 3.05) is 25.7 Å². The van der Waals surface area contributed by atoms with Crippen molar-refractivity contribution in [3.63, 3.8) is 0 Å². The first kappa shape index (κ1) is 17.3. The molecule has 1 saturated heterocycles. The molecule has 128 valence electrons. The van der Waals surface area contributed by atoms with Crippen LogP contribution in [0, 0.1) is 11.6 Å². The van der Waals surface area contributed by atoms with Gasteiger partial charge >= 0.3 is 0 Å². The molecule has 1 aromatic carbocycles. The minimum Gasteiger partial charge on any atom is -0.491 e. The van der Waals surface area contributed by atoms with Crippen molar-refractivity contribution in [2.24, 2.45) is 5.73 Å². The van der Waals surface area contributed by atoms with E-state index >= 15 is 0 Å². The monoisotopic (exact) mass is 336 g/mol. The number of ether oxygens (including phenoxy) is 2. The van der Waals surface area contributed by atoms with Crippen molar-refractivity contribution in [1.29, 1.82) is 0 Å². The van der Waals surface area contributed by atoms with Gasteiger partial charge in [-0.2, -0.15) is 4.39 Å². The van der Waals surface area contributed by atoms with E-state index in [9.17, 15) is 22.4 Å². The summed E-state index contributed by atoms with van der Waals surface area (Å²) < 4.78 is 63.7. The molecule has 2 N–H and O–H groups in total. The molecule has 5 nitrogen and oxygen atoms in total. The number of nitrogens with two attached hydrogens (primary N) is 1. The van der Waals surface area contributed by atoms with Gasteiger partial charge in [-0.1, -0.05) is 0 Å². The summed E-state index contributed by atoms with van der Waals surface area (Å²) in [4.78, 5) is 12.8. The SMILES string of the molecule is COc1c(N2CC(OC)(C(F)F)CC2C(N)=O)ccc(F)c1F. The van der Waals surface area contributed by atoms with Gasteiger partial charge in [0.05, 0.1) is 19.3 Å². The minimum absolute atomic E-state index is 0.0465. The molecule has 0 aromatic heterocycles. The van der Waals surface area contributed by atoms with Crippen LogP contribution in [-0.2, 0) is 9.53 Å². The Morgan fingerprint density at radius 1 is 1.39 bits per heavy atom. The first-order valence-corrected chi connectivity index (χ1v) is 6.68. The molecule has 2 unspecified atom stereocenters. The van der Waals surface area contributed by atoms with Crippen LogP contribution in [0.1, 0.15) is 6.42 Å². The van der Waals surface area contributed by atoms with Crippen LogP contribution in [0.5, 0.6) is 5.75 Å². The highest BCUT2D eigenvalue weighted by Gasteiger charge is 2.53. The Morgan fingerprint density at radius 3 is 2.52 bits per heavy atom. The predicted octanol–water partition coefficient (Wildman–Crippen LogP) is 1.69. The van der Waals surface area contributed by atoms with Crippen molar-refractivity contribution < 1.29 is 31.8 Å². The van der Waals surface area contributed by atoms with Crippen LogP contribution in [0.4, 0.5) is 23.2 Å². The van der Waals surface area contributed by atoms with Crippen LogP contribution in [0.2, 0.25) is 0 Å². The molecular formula is C14H16F4N2O3. The van der Waals surface area contributed by atoms with Crippen molar-refractivity contribution in [1.82, 2.24) is 0 Å². The number of hydrogen-bond donors (Lipinski definition) is 1. The lowest BCUT2D eigenvalue weighted by atomic mass is 10.0. The van der Waals surface area contributed by atoms with Crippen LogP contribution in [0.25, 0.3) is 0 Å². The van der Waals surface area contributed by atoms with Crippen LogP contribution in [0.15, 0.2) is 12.1 Å². The third kappa shape index (κ3) is 2.80. The summed E-state index contributed by atoms with van der Waals surface area (Å²) in [5, 5.41) is 0. The highest BCUT2D eigenvalue weighted by Crippen LogP contribution is 2.42. The van der Waals surface area contributed by atoms with Crippen molar-refractivity contribution in [2.45, 2.75) is 24.5 Å². The van der Waals surface area contributed by atoms with Crippen molar-refractivity contribution in [3.05, 3.63) is 23.8 Å². The molecule has 0 spiro atoms. The zero-order valence-corrected chi connectivity index (χ0v) is 12.5. The van der Waals surface area contributed by atoms with Crippen molar-refractivity contribution in [3.8, 4) is 5.75 Å². The van der Waals surface area contributed by atoms with Gasteiger partial charge in [0.15, 0.2) is 11.6 Å². The molecule has 1 fully saturated rings. The number of carbonyl (C=O) groups is 1. The Balaban J connectivity index is 2.53. The number of methoxy groups -OCH3 is 2. The quantitative estimate of drug-likeness (QED) is 0.831. The maximum absolute atomic E-state index is 13.9. The van der Waals surface area contributed by atoms with Crippen LogP contribution in [-0.4, -0.2) is 44.7 Å². The van der Waals surface area contributed by atoms with Gasteiger partial charge in [0.2, 0.25) is 11.7 Å². The van der Waals surface area contributed by atoms with Gasteiger partial charge < -0.3 is 20.1 Å². The number of amides is 1. The van der Waals surface area contributed by atoms with E-state index in [0.29, 0.717) is 0 Å². The minimum atomic E-state index is -2.89. The normalized spacial score (nSPS) is 24.3. The summed E-state index contributed by atoms with van der Waals surface area (Å²) in [6.07, 6.45) is -3.27. The summed E-state index contributed by atoms with van der Waals surface area (Å²) in [6, 6.07) is 0.799.